The summed E-state index contributed by atoms with van der Waals surface area (Å²) in [6, 6.07) is 0.765. The van der Waals surface area contributed by atoms with E-state index in [1.165, 1.54) is 12.8 Å². The van der Waals surface area contributed by atoms with E-state index in [1.54, 1.807) is 0 Å². The number of hydrogen-bond acceptors (Lipinski definition) is 5. The zero-order valence-corrected chi connectivity index (χ0v) is 13.5. The van der Waals surface area contributed by atoms with Crippen LogP contribution in [0.4, 0.5) is 0 Å². The average Bonchev–Trinajstić information content (AvgIpc) is 3.10. The zero-order chi connectivity index (χ0) is 14.8. The molecule has 0 radical (unpaired) electrons. The molecule has 5 nitrogen and oxygen atoms in total. The molecule has 2 N–H and O–H groups in total. The number of sulfone groups is 1. The van der Waals surface area contributed by atoms with Crippen molar-refractivity contribution < 1.29 is 13.5 Å². The van der Waals surface area contributed by atoms with Crippen LogP contribution in [0.2, 0.25) is 0 Å². The quantitative estimate of drug-likeness (QED) is 0.679. The first-order chi connectivity index (χ1) is 9.34. The summed E-state index contributed by atoms with van der Waals surface area (Å²) in [6.07, 6.45) is 5.09. The van der Waals surface area contributed by atoms with Gasteiger partial charge in [0.15, 0.2) is 9.84 Å². The minimum absolute atomic E-state index is 0.158. The van der Waals surface area contributed by atoms with Crippen molar-refractivity contribution in [3.63, 3.8) is 0 Å². The van der Waals surface area contributed by atoms with Gasteiger partial charge in [-0.05, 0) is 52.6 Å². The number of aliphatic hydroxyl groups excluding tert-OH is 1. The SMILES string of the molecule is CN(CCCC(C)(CO)NC1CC1)C1CCS(=O)(=O)C1. The maximum Gasteiger partial charge on any atom is 0.151 e. The van der Waals surface area contributed by atoms with Crippen molar-refractivity contribution in [1.29, 1.82) is 0 Å². The van der Waals surface area contributed by atoms with E-state index in [0.717, 1.165) is 25.8 Å². The van der Waals surface area contributed by atoms with Crippen LogP contribution in [-0.2, 0) is 9.84 Å². The third kappa shape index (κ3) is 4.69. The summed E-state index contributed by atoms with van der Waals surface area (Å²) in [6.45, 7) is 3.12. The summed E-state index contributed by atoms with van der Waals surface area (Å²) in [5.74, 6) is 0.640. The number of hydrogen-bond donors (Lipinski definition) is 2. The van der Waals surface area contributed by atoms with Gasteiger partial charge in [0.1, 0.15) is 0 Å². The van der Waals surface area contributed by atoms with E-state index in [-0.39, 0.29) is 18.2 Å². The molecule has 2 rings (SSSR count). The van der Waals surface area contributed by atoms with Crippen molar-refractivity contribution in [2.45, 2.75) is 56.7 Å². The van der Waals surface area contributed by atoms with Gasteiger partial charge >= 0.3 is 0 Å². The summed E-state index contributed by atoms with van der Waals surface area (Å²) in [5.41, 5.74) is -0.191. The number of rotatable bonds is 8. The Hall–Kier alpha value is -0.170. The van der Waals surface area contributed by atoms with Gasteiger partial charge < -0.3 is 15.3 Å². The van der Waals surface area contributed by atoms with Gasteiger partial charge in [0.05, 0.1) is 18.1 Å². The minimum Gasteiger partial charge on any atom is -0.394 e. The highest BCUT2D eigenvalue weighted by atomic mass is 32.2. The second kappa shape index (κ2) is 6.30. The standard InChI is InChI=1S/C14H28N2O3S/c1-14(11-17,15-12-4-5-12)7-3-8-16(2)13-6-9-20(18,19)10-13/h12-13,15,17H,3-11H2,1-2H3. The first-order valence-electron chi connectivity index (χ1n) is 7.63. The lowest BCUT2D eigenvalue weighted by Crippen LogP contribution is -2.47. The largest absolute Gasteiger partial charge is 0.394 e. The molecular weight excluding hydrogens is 276 g/mol. The van der Waals surface area contributed by atoms with E-state index in [2.05, 4.69) is 17.1 Å². The smallest absolute Gasteiger partial charge is 0.151 e. The first-order valence-corrected chi connectivity index (χ1v) is 9.45. The second-order valence-corrected chi connectivity index (χ2v) is 9.01. The Morgan fingerprint density at radius 2 is 2.05 bits per heavy atom. The molecule has 1 saturated heterocycles. The van der Waals surface area contributed by atoms with Gasteiger partial charge in [-0.2, -0.15) is 0 Å². The van der Waals surface area contributed by atoms with E-state index in [9.17, 15) is 13.5 Å². The van der Waals surface area contributed by atoms with E-state index < -0.39 is 9.84 Å². The lowest BCUT2D eigenvalue weighted by Gasteiger charge is -2.31. The van der Waals surface area contributed by atoms with Gasteiger partial charge in [-0.3, -0.25) is 0 Å². The first kappa shape index (κ1) is 16.2. The Balaban J connectivity index is 1.71. The number of nitrogens with zero attached hydrogens (tertiary/aromatic N) is 1. The van der Waals surface area contributed by atoms with Crippen LogP contribution in [0.15, 0.2) is 0 Å². The molecule has 6 heteroatoms. The van der Waals surface area contributed by atoms with E-state index in [1.807, 2.05) is 7.05 Å². The van der Waals surface area contributed by atoms with Gasteiger partial charge in [-0.25, -0.2) is 8.42 Å². The molecular formula is C14H28N2O3S. The lowest BCUT2D eigenvalue weighted by molar-refractivity contribution is 0.153. The fraction of sp³-hybridized carbons (Fsp3) is 1.00. The van der Waals surface area contributed by atoms with Crippen LogP contribution in [-0.4, -0.2) is 67.8 Å². The number of aliphatic hydroxyl groups is 1. The Kier molecular flexibility index (Phi) is 5.10. The van der Waals surface area contributed by atoms with Crippen LogP contribution in [0.25, 0.3) is 0 Å². The Bertz CT molecular complexity index is 422. The van der Waals surface area contributed by atoms with E-state index in [4.69, 9.17) is 0 Å². The topological polar surface area (TPSA) is 69.6 Å². The molecule has 1 aliphatic heterocycles. The molecule has 2 fully saturated rings. The molecule has 2 unspecified atom stereocenters. The molecule has 1 heterocycles. The van der Waals surface area contributed by atoms with Crippen LogP contribution >= 0.6 is 0 Å². The Morgan fingerprint density at radius 3 is 2.55 bits per heavy atom. The molecule has 0 aromatic rings. The minimum atomic E-state index is -2.80. The second-order valence-electron chi connectivity index (χ2n) is 6.78. The molecule has 1 aliphatic carbocycles. The van der Waals surface area contributed by atoms with Gasteiger partial charge in [-0.15, -0.1) is 0 Å². The van der Waals surface area contributed by atoms with Crippen molar-refractivity contribution in [1.82, 2.24) is 10.2 Å². The van der Waals surface area contributed by atoms with Crippen LogP contribution in [0.1, 0.15) is 39.0 Å². The van der Waals surface area contributed by atoms with Crippen LogP contribution in [0, 0.1) is 0 Å². The van der Waals surface area contributed by atoms with Crippen molar-refractivity contribution in [2.24, 2.45) is 0 Å². The predicted octanol–water partition coefficient (Wildman–Crippen LogP) is 0.389. The molecule has 118 valence electrons. The Labute approximate surface area is 122 Å². The summed E-state index contributed by atoms with van der Waals surface area (Å²) in [7, 11) is -0.790. The number of nitrogens with one attached hydrogen (secondary N) is 1. The summed E-state index contributed by atoms with van der Waals surface area (Å²) in [4.78, 5) is 2.17. The predicted molar refractivity (Wildman–Crippen MR) is 80.6 cm³/mol. The van der Waals surface area contributed by atoms with E-state index in [0.29, 0.717) is 17.5 Å². The summed E-state index contributed by atoms with van der Waals surface area (Å²) < 4.78 is 23.0. The fourth-order valence-electron chi connectivity index (χ4n) is 2.94. The maximum atomic E-state index is 11.5. The molecule has 1 saturated carbocycles. The lowest BCUT2D eigenvalue weighted by atomic mass is 9.96. The Morgan fingerprint density at radius 1 is 1.35 bits per heavy atom. The molecule has 20 heavy (non-hydrogen) atoms. The highest BCUT2D eigenvalue weighted by Gasteiger charge is 2.33. The molecule has 2 aliphatic rings. The fourth-order valence-corrected chi connectivity index (χ4v) is 4.75. The molecule has 0 spiro atoms. The van der Waals surface area contributed by atoms with Crippen LogP contribution in [0.5, 0.6) is 0 Å². The monoisotopic (exact) mass is 304 g/mol. The molecule has 0 amide bonds. The van der Waals surface area contributed by atoms with Crippen molar-refractivity contribution in [3.05, 3.63) is 0 Å². The van der Waals surface area contributed by atoms with Crippen LogP contribution < -0.4 is 5.32 Å². The zero-order valence-electron chi connectivity index (χ0n) is 12.6. The summed E-state index contributed by atoms with van der Waals surface area (Å²) in [5, 5.41) is 13.1. The highest BCUT2D eigenvalue weighted by molar-refractivity contribution is 7.91. The molecule has 0 bridgehead atoms. The van der Waals surface area contributed by atoms with Gasteiger partial charge in [0, 0.05) is 17.6 Å². The third-order valence-electron chi connectivity index (χ3n) is 4.55. The normalized spacial score (nSPS) is 28.7. The molecule has 0 aromatic heterocycles. The maximum absolute atomic E-state index is 11.5. The highest BCUT2D eigenvalue weighted by Crippen LogP contribution is 2.25. The van der Waals surface area contributed by atoms with Gasteiger partial charge in [-0.1, -0.05) is 0 Å². The van der Waals surface area contributed by atoms with Gasteiger partial charge in [0.2, 0.25) is 0 Å². The van der Waals surface area contributed by atoms with Crippen molar-refractivity contribution in [3.8, 4) is 0 Å². The summed E-state index contributed by atoms with van der Waals surface area (Å²) >= 11 is 0. The van der Waals surface area contributed by atoms with Gasteiger partial charge in [0.25, 0.3) is 0 Å². The van der Waals surface area contributed by atoms with E-state index >= 15 is 0 Å². The average molecular weight is 304 g/mol. The van der Waals surface area contributed by atoms with Crippen molar-refractivity contribution in [2.75, 3.05) is 31.7 Å². The van der Waals surface area contributed by atoms with Crippen LogP contribution in [0.3, 0.4) is 0 Å². The molecule has 0 aromatic carbocycles. The third-order valence-corrected chi connectivity index (χ3v) is 6.30. The molecule has 2 atom stereocenters. The van der Waals surface area contributed by atoms with Crippen molar-refractivity contribution >= 4 is 9.84 Å².